The molecular weight excluding hydrogens is 332 g/mol. The smallest absolute Gasteiger partial charge is 0.262 e. The molecular formula is C20H16N2O4. The molecule has 1 aliphatic heterocycles. The Balaban J connectivity index is 1.59. The maximum absolute atomic E-state index is 12.1. The number of amides is 1. The van der Waals surface area contributed by atoms with E-state index in [1.807, 2.05) is 12.1 Å². The van der Waals surface area contributed by atoms with E-state index in [0.29, 0.717) is 11.5 Å². The van der Waals surface area contributed by atoms with Gasteiger partial charge in [0.15, 0.2) is 11.5 Å². The van der Waals surface area contributed by atoms with Crippen molar-refractivity contribution in [1.29, 1.82) is 5.26 Å². The number of nitriles is 1. The molecule has 0 fully saturated rings. The third-order valence-corrected chi connectivity index (χ3v) is 3.70. The summed E-state index contributed by atoms with van der Waals surface area (Å²) in [5.74, 6) is 1.04. The number of nitrogens with zero attached hydrogens (tertiary/aromatic N) is 1. The van der Waals surface area contributed by atoms with Gasteiger partial charge >= 0.3 is 0 Å². The van der Waals surface area contributed by atoms with Crippen LogP contribution in [-0.2, 0) is 11.3 Å². The maximum Gasteiger partial charge on any atom is 0.262 e. The Hall–Kier alpha value is -3.72. The number of rotatable bonds is 5. The number of phenols is 1. The number of allylic oxidation sites excluding steroid dienone is 2. The Kier molecular flexibility index (Phi) is 5.20. The first-order valence-electron chi connectivity index (χ1n) is 7.90. The summed E-state index contributed by atoms with van der Waals surface area (Å²) in [4.78, 5) is 12.1. The Bertz CT molecular complexity index is 908. The number of fused-ring (bicyclic) bond motifs is 1. The minimum atomic E-state index is -0.458. The van der Waals surface area contributed by atoms with Gasteiger partial charge in [0.1, 0.15) is 17.4 Å². The normalized spacial score (nSPS) is 12.8. The van der Waals surface area contributed by atoms with Gasteiger partial charge in [-0.1, -0.05) is 30.4 Å². The number of phenolic OH excluding ortho intramolecular Hbond substituents is 1. The molecule has 6 nitrogen and oxygen atoms in total. The summed E-state index contributed by atoms with van der Waals surface area (Å²) in [5, 5.41) is 21.1. The van der Waals surface area contributed by atoms with Gasteiger partial charge in [-0.2, -0.15) is 5.26 Å². The van der Waals surface area contributed by atoms with Crippen molar-refractivity contribution in [3.05, 3.63) is 71.3 Å². The highest BCUT2D eigenvalue weighted by molar-refractivity contribution is 5.97. The Morgan fingerprint density at radius 1 is 1.19 bits per heavy atom. The minimum Gasteiger partial charge on any atom is -0.508 e. The van der Waals surface area contributed by atoms with Crippen LogP contribution >= 0.6 is 0 Å². The van der Waals surface area contributed by atoms with Gasteiger partial charge in [-0.05, 0) is 41.5 Å². The molecule has 2 aromatic rings. The van der Waals surface area contributed by atoms with Crippen LogP contribution in [0.25, 0.3) is 6.08 Å². The van der Waals surface area contributed by atoms with E-state index in [2.05, 4.69) is 5.32 Å². The molecule has 0 unspecified atom stereocenters. The van der Waals surface area contributed by atoms with Gasteiger partial charge in [0, 0.05) is 6.54 Å². The number of hydrogen-bond donors (Lipinski definition) is 2. The Morgan fingerprint density at radius 3 is 2.73 bits per heavy atom. The average Bonchev–Trinajstić information content (AvgIpc) is 3.12. The van der Waals surface area contributed by atoms with Crippen molar-refractivity contribution in [2.45, 2.75) is 6.54 Å². The molecule has 1 amide bonds. The van der Waals surface area contributed by atoms with Gasteiger partial charge in [-0.15, -0.1) is 0 Å². The average molecular weight is 348 g/mol. The summed E-state index contributed by atoms with van der Waals surface area (Å²) in [6.07, 6.45) is 4.80. The van der Waals surface area contributed by atoms with Crippen LogP contribution in [0.5, 0.6) is 17.2 Å². The first kappa shape index (κ1) is 17.1. The zero-order chi connectivity index (χ0) is 18.4. The first-order chi connectivity index (χ1) is 12.7. The molecule has 0 saturated heterocycles. The summed E-state index contributed by atoms with van der Waals surface area (Å²) in [5.41, 5.74) is 1.69. The second-order valence-corrected chi connectivity index (χ2v) is 5.51. The van der Waals surface area contributed by atoms with Crippen LogP contribution in [0.3, 0.4) is 0 Å². The van der Waals surface area contributed by atoms with E-state index in [-0.39, 0.29) is 24.7 Å². The molecule has 130 valence electrons. The lowest BCUT2D eigenvalue weighted by molar-refractivity contribution is -0.117. The number of nitrogens with one attached hydrogen (secondary N) is 1. The fraction of sp³-hybridized carbons (Fsp3) is 0.100. The van der Waals surface area contributed by atoms with Crippen molar-refractivity contribution in [2.75, 3.05) is 6.79 Å². The molecule has 1 heterocycles. The molecule has 0 saturated carbocycles. The molecule has 0 aliphatic carbocycles. The van der Waals surface area contributed by atoms with Crippen molar-refractivity contribution >= 4 is 12.0 Å². The lowest BCUT2D eigenvalue weighted by atomic mass is 10.1. The molecule has 2 N–H and O–H groups in total. The van der Waals surface area contributed by atoms with Crippen molar-refractivity contribution in [1.82, 2.24) is 5.32 Å². The van der Waals surface area contributed by atoms with Crippen LogP contribution < -0.4 is 14.8 Å². The summed E-state index contributed by atoms with van der Waals surface area (Å²) in [6.45, 7) is 0.468. The Labute approximate surface area is 150 Å². The van der Waals surface area contributed by atoms with Gasteiger partial charge in [-0.25, -0.2) is 0 Å². The molecule has 2 aromatic carbocycles. The molecule has 0 atom stereocenters. The van der Waals surface area contributed by atoms with Crippen molar-refractivity contribution in [2.24, 2.45) is 0 Å². The standard InChI is InChI=1S/C20H16N2O4/c21-11-16(3-1-2-14-4-7-17(23)8-5-14)20(24)22-12-15-6-9-18-19(10-15)26-13-25-18/h1-10,23H,12-13H2,(H,22,24). The number of carbonyl (C=O) groups excluding carboxylic acids is 1. The number of aromatic hydroxyl groups is 1. The molecule has 3 rings (SSSR count). The van der Waals surface area contributed by atoms with Gasteiger partial charge < -0.3 is 19.9 Å². The lowest BCUT2D eigenvalue weighted by Gasteiger charge is -2.05. The predicted molar refractivity (Wildman–Crippen MR) is 95.2 cm³/mol. The van der Waals surface area contributed by atoms with E-state index in [4.69, 9.17) is 9.47 Å². The van der Waals surface area contributed by atoms with E-state index in [1.54, 1.807) is 48.6 Å². The van der Waals surface area contributed by atoms with Gasteiger partial charge in [0.2, 0.25) is 6.79 Å². The van der Waals surface area contributed by atoms with Crippen LogP contribution in [0.15, 0.2) is 60.2 Å². The zero-order valence-electron chi connectivity index (χ0n) is 13.8. The topological polar surface area (TPSA) is 91.6 Å². The molecule has 0 aromatic heterocycles. The molecule has 0 radical (unpaired) electrons. The Morgan fingerprint density at radius 2 is 1.96 bits per heavy atom. The number of benzene rings is 2. The second-order valence-electron chi connectivity index (χ2n) is 5.51. The van der Waals surface area contributed by atoms with Crippen LogP contribution in [-0.4, -0.2) is 17.8 Å². The van der Waals surface area contributed by atoms with E-state index < -0.39 is 5.91 Å². The molecule has 26 heavy (non-hydrogen) atoms. The predicted octanol–water partition coefficient (Wildman–Crippen LogP) is 2.90. The quantitative estimate of drug-likeness (QED) is 0.492. The number of ether oxygens (including phenoxy) is 2. The van der Waals surface area contributed by atoms with E-state index >= 15 is 0 Å². The van der Waals surface area contributed by atoms with Crippen LogP contribution in [0.4, 0.5) is 0 Å². The van der Waals surface area contributed by atoms with Crippen molar-refractivity contribution < 1.29 is 19.4 Å². The maximum atomic E-state index is 12.1. The van der Waals surface area contributed by atoms with Crippen LogP contribution in [0.1, 0.15) is 11.1 Å². The van der Waals surface area contributed by atoms with Crippen molar-refractivity contribution in [3.8, 4) is 23.3 Å². The highest BCUT2D eigenvalue weighted by Gasteiger charge is 2.14. The summed E-state index contributed by atoms with van der Waals surface area (Å²) < 4.78 is 10.5. The molecule has 6 heteroatoms. The fourth-order valence-corrected chi connectivity index (χ4v) is 2.33. The minimum absolute atomic E-state index is 0.000715. The second kappa shape index (κ2) is 7.90. The van der Waals surface area contributed by atoms with Crippen LogP contribution in [0, 0.1) is 11.3 Å². The monoisotopic (exact) mass is 348 g/mol. The molecule has 0 bridgehead atoms. The highest BCUT2D eigenvalue weighted by Crippen LogP contribution is 2.32. The summed E-state index contributed by atoms with van der Waals surface area (Å²) in [6, 6.07) is 13.9. The van der Waals surface area contributed by atoms with Crippen molar-refractivity contribution in [3.63, 3.8) is 0 Å². The van der Waals surface area contributed by atoms with Crippen LogP contribution in [0.2, 0.25) is 0 Å². The SMILES string of the molecule is N#CC(=CC=Cc1ccc(O)cc1)C(=O)NCc1ccc2c(c1)OCO2. The third-order valence-electron chi connectivity index (χ3n) is 3.70. The number of carbonyl (C=O) groups is 1. The summed E-state index contributed by atoms with van der Waals surface area (Å²) >= 11 is 0. The largest absolute Gasteiger partial charge is 0.508 e. The van der Waals surface area contributed by atoms with E-state index in [9.17, 15) is 15.2 Å². The first-order valence-corrected chi connectivity index (χ1v) is 7.90. The van der Waals surface area contributed by atoms with Gasteiger partial charge in [0.05, 0.1) is 0 Å². The van der Waals surface area contributed by atoms with E-state index in [1.165, 1.54) is 6.08 Å². The van der Waals surface area contributed by atoms with Gasteiger partial charge in [0.25, 0.3) is 5.91 Å². The lowest BCUT2D eigenvalue weighted by Crippen LogP contribution is -2.23. The van der Waals surface area contributed by atoms with E-state index in [0.717, 1.165) is 11.1 Å². The zero-order valence-corrected chi connectivity index (χ0v) is 13.8. The fourth-order valence-electron chi connectivity index (χ4n) is 2.33. The highest BCUT2D eigenvalue weighted by atomic mass is 16.7. The van der Waals surface area contributed by atoms with Gasteiger partial charge in [-0.3, -0.25) is 4.79 Å². The third kappa shape index (κ3) is 4.22. The number of hydrogen-bond acceptors (Lipinski definition) is 5. The molecule has 1 aliphatic rings. The molecule has 0 spiro atoms. The summed E-state index contributed by atoms with van der Waals surface area (Å²) in [7, 11) is 0.